The Morgan fingerprint density at radius 2 is 1.93 bits per heavy atom. The summed E-state index contributed by atoms with van der Waals surface area (Å²) in [4.78, 5) is 4.09. The second kappa shape index (κ2) is 3.89. The van der Waals surface area contributed by atoms with Crippen LogP contribution in [-0.4, -0.2) is 14.7 Å². The number of phenolic OH excluding ortho intramolecular Hbond substituents is 1. The van der Waals surface area contributed by atoms with E-state index in [1.807, 2.05) is 17.8 Å². The van der Waals surface area contributed by atoms with E-state index in [1.54, 1.807) is 30.5 Å². The number of hydrogen-bond acceptors (Lipinski definition) is 2. The lowest BCUT2D eigenvalue weighted by atomic mass is 10.2. The van der Waals surface area contributed by atoms with Gasteiger partial charge in [-0.3, -0.25) is 0 Å². The lowest BCUT2D eigenvalue weighted by molar-refractivity contribution is 0.475. The summed E-state index contributed by atoms with van der Waals surface area (Å²) in [5, 5.41) is 9.09. The Labute approximate surface area is 88.0 Å². The third-order valence-corrected chi connectivity index (χ3v) is 2.01. The fourth-order valence-corrected chi connectivity index (χ4v) is 1.16. The Balaban J connectivity index is 2.26. The molecule has 0 amide bonds. The molecule has 0 saturated heterocycles. The second-order valence-corrected chi connectivity index (χ2v) is 3.16. The first kappa shape index (κ1) is 9.35. The van der Waals surface area contributed by atoms with E-state index in [2.05, 4.69) is 16.8 Å². The van der Waals surface area contributed by atoms with Gasteiger partial charge in [-0.25, -0.2) is 4.98 Å². The van der Waals surface area contributed by atoms with Crippen molar-refractivity contribution in [3.05, 3.63) is 48.0 Å². The van der Waals surface area contributed by atoms with Crippen LogP contribution in [0, 0.1) is 11.8 Å². The minimum absolute atomic E-state index is 0.248. The van der Waals surface area contributed by atoms with Crippen LogP contribution in [0.25, 0.3) is 0 Å². The van der Waals surface area contributed by atoms with Gasteiger partial charge in [-0.2, -0.15) is 0 Å². The van der Waals surface area contributed by atoms with E-state index in [4.69, 9.17) is 5.11 Å². The Morgan fingerprint density at radius 1 is 1.20 bits per heavy atom. The fraction of sp³-hybridized carbons (Fsp3) is 0.0833. The van der Waals surface area contributed by atoms with E-state index in [0.29, 0.717) is 0 Å². The number of imidazole rings is 1. The van der Waals surface area contributed by atoms with E-state index in [1.165, 1.54) is 0 Å². The quantitative estimate of drug-likeness (QED) is 0.652. The highest BCUT2D eigenvalue weighted by Gasteiger charge is 1.92. The molecule has 3 nitrogen and oxygen atoms in total. The van der Waals surface area contributed by atoms with Crippen molar-refractivity contribution < 1.29 is 5.11 Å². The predicted molar refractivity (Wildman–Crippen MR) is 57.3 cm³/mol. The molecule has 1 heterocycles. The van der Waals surface area contributed by atoms with E-state index in [9.17, 15) is 0 Å². The number of benzene rings is 1. The first-order chi connectivity index (χ1) is 7.25. The maximum atomic E-state index is 9.09. The summed E-state index contributed by atoms with van der Waals surface area (Å²) in [6, 6.07) is 6.77. The number of aryl methyl sites for hydroxylation is 1. The number of nitrogens with zero attached hydrogens (tertiary/aromatic N) is 2. The average molecular weight is 198 g/mol. The number of hydrogen-bond donors (Lipinski definition) is 1. The Hall–Kier alpha value is -2.21. The van der Waals surface area contributed by atoms with Crippen molar-refractivity contribution in [2.45, 2.75) is 0 Å². The molecule has 0 atom stereocenters. The molecule has 0 radical (unpaired) electrons. The third-order valence-electron chi connectivity index (χ3n) is 2.01. The molecule has 0 aliphatic rings. The molecule has 1 aromatic heterocycles. The topological polar surface area (TPSA) is 38.0 Å². The first-order valence-corrected chi connectivity index (χ1v) is 4.54. The highest BCUT2D eigenvalue weighted by atomic mass is 16.3. The summed E-state index contributed by atoms with van der Waals surface area (Å²) in [7, 11) is 1.90. The monoisotopic (exact) mass is 198 g/mol. The van der Waals surface area contributed by atoms with Crippen molar-refractivity contribution in [3.63, 3.8) is 0 Å². The second-order valence-electron chi connectivity index (χ2n) is 3.16. The maximum Gasteiger partial charge on any atom is 0.185 e. The molecule has 1 aromatic carbocycles. The van der Waals surface area contributed by atoms with Crippen LogP contribution in [0.3, 0.4) is 0 Å². The SMILES string of the molecule is Cn1ccnc1C#Cc1ccc(O)cc1. The Kier molecular flexibility index (Phi) is 2.42. The summed E-state index contributed by atoms with van der Waals surface area (Å²) in [6.45, 7) is 0. The highest BCUT2D eigenvalue weighted by Crippen LogP contribution is 2.08. The van der Waals surface area contributed by atoms with Gasteiger partial charge < -0.3 is 9.67 Å². The molecule has 0 spiro atoms. The lowest BCUT2D eigenvalue weighted by Crippen LogP contribution is -1.90. The molecule has 3 heteroatoms. The molecule has 0 aliphatic heterocycles. The van der Waals surface area contributed by atoms with Crippen molar-refractivity contribution in [3.8, 4) is 17.6 Å². The summed E-state index contributed by atoms with van der Waals surface area (Å²) < 4.78 is 1.85. The number of rotatable bonds is 0. The number of phenols is 1. The van der Waals surface area contributed by atoms with Crippen LogP contribution in [0.1, 0.15) is 11.4 Å². The molecule has 0 saturated carbocycles. The van der Waals surface area contributed by atoms with Gasteiger partial charge >= 0.3 is 0 Å². The number of aromatic hydroxyl groups is 1. The smallest absolute Gasteiger partial charge is 0.185 e. The van der Waals surface area contributed by atoms with Crippen LogP contribution in [0.5, 0.6) is 5.75 Å². The minimum atomic E-state index is 0.248. The molecule has 2 aromatic rings. The Bertz CT molecular complexity index is 515. The zero-order valence-corrected chi connectivity index (χ0v) is 8.31. The molecule has 0 bridgehead atoms. The van der Waals surface area contributed by atoms with E-state index < -0.39 is 0 Å². The normalized spacial score (nSPS) is 9.40. The number of aromatic nitrogens is 2. The molecular weight excluding hydrogens is 188 g/mol. The lowest BCUT2D eigenvalue weighted by Gasteiger charge is -1.92. The standard InChI is InChI=1S/C12H10N2O/c1-14-9-8-13-12(14)7-4-10-2-5-11(15)6-3-10/h2-3,5-6,8-9,15H,1H3. The summed E-state index contributed by atoms with van der Waals surface area (Å²) >= 11 is 0. The van der Waals surface area contributed by atoms with Gasteiger partial charge in [0.1, 0.15) is 5.75 Å². The average Bonchev–Trinajstić information content (AvgIpc) is 2.63. The first-order valence-electron chi connectivity index (χ1n) is 4.54. The van der Waals surface area contributed by atoms with Gasteiger partial charge in [0, 0.05) is 25.0 Å². The minimum Gasteiger partial charge on any atom is -0.508 e. The van der Waals surface area contributed by atoms with E-state index in [0.717, 1.165) is 11.4 Å². The van der Waals surface area contributed by atoms with E-state index in [-0.39, 0.29) is 5.75 Å². The predicted octanol–water partition coefficient (Wildman–Crippen LogP) is 1.53. The highest BCUT2D eigenvalue weighted by molar-refractivity contribution is 5.40. The van der Waals surface area contributed by atoms with Crippen LogP contribution in [-0.2, 0) is 7.05 Å². The van der Waals surface area contributed by atoms with Crippen molar-refractivity contribution in [1.82, 2.24) is 9.55 Å². The largest absolute Gasteiger partial charge is 0.508 e. The van der Waals surface area contributed by atoms with Crippen molar-refractivity contribution in [2.75, 3.05) is 0 Å². The van der Waals surface area contributed by atoms with Gasteiger partial charge in [-0.05, 0) is 30.2 Å². The van der Waals surface area contributed by atoms with Gasteiger partial charge in [0.05, 0.1) is 0 Å². The molecule has 15 heavy (non-hydrogen) atoms. The maximum absolute atomic E-state index is 9.09. The summed E-state index contributed by atoms with van der Waals surface area (Å²) in [6.07, 6.45) is 3.56. The summed E-state index contributed by atoms with van der Waals surface area (Å²) in [5.41, 5.74) is 0.857. The zero-order chi connectivity index (χ0) is 10.7. The third kappa shape index (κ3) is 2.18. The molecule has 0 aliphatic carbocycles. The van der Waals surface area contributed by atoms with E-state index >= 15 is 0 Å². The molecule has 0 unspecified atom stereocenters. The van der Waals surface area contributed by atoms with Gasteiger partial charge in [0.25, 0.3) is 0 Å². The van der Waals surface area contributed by atoms with Crippen molar-refractivity contribution >= 4 is 0 Å². The molecule has 74 valence electrons. The van der Waals surface area contributed by atoms with Crippen LogP contribution in [0.15, 0.2) is 36.7 Å². The van der Waals surface area contributed by atoms with Crippen LogP contribution < -0.4 is 0 Å². The van der Waals surface area contributed by atoms with Crippen LogP contribution in [0.4, 0.5) is 0 Å². The Morgan fingerprint density at radius 3 is 2.53 bits per heavy atom. The molecular formula is C12H10N2O. The fourth-order valence-electron chi connectivity index (χ4n) is 1.16. The van der Waals surface area contributed by atoms with Gasteiger partial charge in [-0.1, -0.05) is 5.92 Å². The molecule has 2 rings (SSSR count). The zero-order valence-electron chi connectivity index (χ0n) is 8.31. The van der Waals surface area contributed by atoms with Crippen molar-refractivity contribution in [1.29, 1.82) is 0 Å². The van der Waals surface area contributed by atoms with Gasteiger partial charge in [0.2, 0.25) is 0 Å². The molecule has 1 N–H and O–H groups in total. The summed E-state index contributed by atoms with van der Waals surface area (Å²) in [5.74, 6) is 6.89. The van der Waals surface area contributed by atoms with Gasteiger partial charge in [0.15, 0.2) is 5.82 Å². The van der Waals surface area contributed by atoms with Crippen LogP contribution in [0.2, 0.25) is 0 Å². The van der Waals surface area contributed by atoms with Gasteiger partial charge in [-0.15, -0.1) is 0 Å². The van der Waals surface area contributed by atoms with Crippen molar-refractivity contribution in [2.24, 2.45) is 7.05 Å². The molecule has 0 fully saturated rings. The van der Waals surface area contributed by atoms with Crippen LogP contribution >= 0.6 is 0 Å².